The van der Waals surface area contributed by atoms with E-state index in [1.165, 1.54) is 38.6 Å². The van der Waals surface area contributed by atoms with E-state index in [0.717, 1.165) is 19.2 Å². The zero-order valence-electron chi connectivity index (χ0n) is 10.7. The van der Waals surface area contributed by atoms with Crippen LogP contribution in [0.3, 0.4) is 0 Å². The van der Waals surface area contributed by atoms with E-state index < -0.39 is 0 Å². The molecule has 0 aliphatic heterocycles. The number of methoxy groups -OCH3 is 1. The lowest BCUT2D eigenvalue weighted by Gasteiger charge is -2.35. The fourth-order valence-corrected chi connectivity index (χ4v) is 2.96. The van der Waals surface area contributed by atoms with Crippen LogP contribution in [0.5, 0.6) is 0 Å². The molecule has 0 aromatic heterocycles. The minimum atomic E-state index is 0.344. The monoisotopic (exact) mass is 226 g/mol. The van der Waals surface area contributed by atoms with Crippen LogP contribution >= 0.6 is 0 Å². The molecular formula is C13H26N2O. The summed E-state index contributed by atoms with van der Waals surface area (Å²) in [5, 5.41) is 0. The van der Waals surface area contributed by atoms with E-state index in [9.17, 15) is 0 Å². The molecule has 2 fully saturated rings. The molecule has 2 atom stereocenters. The van der Waals surface area contributed by atoms with Crippen LogP contribution in [0.25, 0.3) is 0 Å². The van der Waals surface area contributed by atoms with Crippen molar-refractivity contribution >= 4 is 0 Å². The van der Waals surface area contributed by atoms with Crippen LogP contribution in [-0.2, 0) is 4.74 Å². The Labute approximate surface area is 99.3 Å². The Hall–Kier alpha value is -0.120. The third-order valence-electron chi connectivity index (χ3n) is 4.37. The highest BCUT2D eigenvalue weighted by atomic mass is 16.5. The molecule has 2 N–H and O–H groups in total. The van der Waals surface area contributed by atoms with Crippen LogP contribution in [0, 0.1) is 5.41 Å². The maximum Gasteiger partial charge on any atom is 0.0589 e. The molecule has 3 heteroatoms. The standard InChI is InChI=1S/C13H26N2O/c1-13(7-3-4-12(13)14)10-15(8-9-16-2)11-5-6-11/h11-12H,3-10,14H2,1-2H3. The fourth-order valence-electron chi connectivity index (χ4n) is 2.96. The predicted molar refractivity (Wildman–Crippen MR) is 66.4 cm³/mol. The van der Waals surface area contributed by atoms with Crippen molar-refractivity contribution in [1.29, 1.82) is 0 Å². The first kappa shape index (κ1) is 12.3. The predicted octanol–water partition coefficient (Wildman–Crippen LogP) is 1.61. The Morgan fingerprint density at radius 3 is 2.62 bits per heavy atom. The highest BCUT2D eigenvalue weighted by Gasteiger charge is 2.40. The van der Waals surface area contributed by atoms with Crippen LogP contribution < -0.4 is 5.73 Å². The lowest BCUT2D eigenvalue weighted by atomic mass is 9.84. The van der Waals surface area contributed by atoms with Crippen molar-refractivity contribution < 1.29 is 4.74 Å². The second-order valence-corrected chi connectivity index (χ2v) is 5.85. The van der Waals surface area contributed by atoms with Gasteiger partial charge in [-0.15, -0.1) is 0 Å². The molecule has 0 aromatic carbocycles. The molecule has 16 heavy (non-hydrogen) atoms. The van der Waals surface area contributed by atoms with E-state index >= 15 is 0 Å². The highest BCUT2D eigenvalue weighted by Crippen LogP contribution is 2.39. The van der Waals surface area contributed by atoms with Gasteiger partial charge in [-0.05, 0) is 31.1 Å². The zero-order chi connectivity index (χ0) is 11.6. The van der Waals surface area contributed by atoms with Crippen molar-refractivity contribution in [3.05, 3.63) is 0 Å². The maximum absolute atomic E-state index is 6.25. The zero-order valence-corrected chi connectivity index (χ0v) is 10.7. The Morgan fingerprint density at radius 1 is 1.38 bits per heavy atom. The molecule has 3 nitrogen and oxygen atoms in total. The molecule has 0 amide bonds. The van der Waals surface area contributed by atoms with Gasteiger partial charge in [-0.1, -0.05) is 13.3 Å². The Morgan fingerprint density at radius 2 is 2.12 bits per heavy atom. The summed E-state index contributed by atoms with van der Waals surface area (Å²) in [7, 11) is 1.79. The lowest BCUT2D eigenvalue weighted by molar-refractivity contribution is 0.102. The van der Waals surface area contributed by atoms with Gasteiger partial charge in [-0.25, -0.2) is 0 Å². The van der Waals surface area contributed by atoms with Crippen molar-refractivity contribution in [2.45, 2.75) is 51.1 Å². The molecule has 0 radical (unpaired) electrons. The van der Waals surface area contributed by atoms with Gasteiger partial charge in [0.2, 0.25) is 0 Å². The summed E-state index contributed by atoms with van der Waals surface area (Å²) >= 11 is 0. The Kier molecular flexibility index (Phi) is 3.88. The van der Waals surface area contributed by atoms with Gasteiger partial charge in [0.05, 0.1) is 6.61 Å². The van der Waals surface area contributed by atoms with Crippen LogP contribution in [-0.4, -0.2) is 43.8 Å². The minimum absolute atomic E-state index is 0.344. The summed E-state index contributed by atoms with van der Waals surface area (Å²) in [5.74, 6) is 0. The van der Waals surface area contributed by atoms with Crippen molar-refractivity contribution in [2.24, 2.45) is 11.1 Å². The average Bonchev–Trinajstić information content (AvgIpc) is 3.03. The number of hydrogen-bond donors (Lipinski definition) is 1. The summed E-state index contributed by atoms with van der Waals surface area (Å²) in [6, 6.07) is 1.22. The number of ether oxygens (including phenoxy) is 1. The molecule has 0 saturated heterocycles. The molecule has 0 spiro atoms. The second kappa shape index (κ2) is 5.03. The molecule has 2 aliphatic rings. The summed E-state index contributed by atoms with van der Waals surface area (Å²) < 4.78 is 5.20. The van der Waals surface area contributed by atoms with E-state index in [0.29, 0.717) is 11.5 Å². The number of nitrogens with zero attached hydrogens (tertiary/aromatic N) is 1. The van der Waals surface area contributed by atoms with Gasteiger partial charge in [0.1, 0.15) is 0 Å². The minimum Gasteiger partial charge on any atom is -0.383 e. The van der Waals surface area contributed by atoms with Crippen molar-refractivity contribution in [3.63, 3.8) is 0 Å². The number of rotatable bonds is 6. The van der Waals surface area contributed by atoms with Crippen LogP contribution in [0.1, 0.15) is 39.0 Å². The number of nitrogens with two attached hydrogens (primary N) is 1. The van der Waals surface area contributed by atoms with E-state index in [4.69, 9.17) is 10.5 Å². The van der Waals surface area contributed by atoms with E-state index in [1.54, 1.807) is 7.11 Å². The molecule has 0 heterocycles. The van der Waals surface area contributed by atoms with Crippen LogP contribution in [0.4, 0.5) is 0 Å². The third-order valence-corrected chi connectivity index (χ3v) is 4.37. The molecule has 2 aliphatic carbocycles. The molecular weight excluding hydrogens is 200 g/mol. The molecule has 2 rings (SSSR count). The van der Waals surface area contributed by atoms with E-state index in [-0.39, 0.29) is 0 Å². The maximum atomic E-state index is 6.25. The summed E-state index contributed by atoms with van der Waals surface area (Å²) in [6.45, 7) is 5.46. The van der Waals surface area contributed by atoms with Gasteiger partial charge in [0, 0.05) is 32.3 Å². The summed E-state index contributed by atoms with van der Waals surface area (Å²) in [5.41, 5.74) is 6.60. The van der Waals surface area contributed by atoms with Crippen LogP contribution in [0.2, 0.25) is 0 Å². The Bertz CT molecular complexity index is 230. The van der Waals surface area contributed by atoms with Gasteiger partial charge >= 0.3 is 0 Å². The summed E-state index contributed by atoms with van der Waals surface area (Å²) in [6.07, 6.45) is 6.55. The topological polar surface area (TPSA) is 38.5 Å². The van der Waals surface area contributed by atoms with Gasteiger partial charge in [-0.2, -0.15) is 0 Å². The van der Waals surface area contributed by atoms with Gasteiger partial charge < -0.3 is 10.5 Å². The molecule has 94 valence electrons. The first-order chi connectivity index (χ1) is 7.65. The smallest absolute Gasteiger partial charge is 0.0589 e. The van der Waals surface area contributed by atoms with E-state index in [2.05, 4.69) is 11.8 Å². The largest absolute Gasteiger partial charge is 0.383 e. The molecule has 0 bridgehead atoms. The first-order valence-electron chi connectivity index (χ1n) is 6.64. The first-order valence-corrected chi connectivity index (χ1v) is 6.64. The van der Waals surface area contributed by atoms with Gasteiger partial charge in [0.25, 0.3) is 0 Å². The summed E-state index contributed by atoms with van der Waals surface area (Å²) in [4.78, 5) is 2.61. The van der Waals surface area contributed by atoms with Crippen molar-refractivity contribution in [3.8, 4) is 0 Å². The quantitative estimate of drug-likeness (QED) is 0.748. The third kappa shape index (κ3) is 2.76. The normalized spacial score (nSPS) is 34.9. The lowest BCUT2D eigenvalue weighted by Crippen LogP contribution is -2.46. The van der Waals surface area contributed by atoms with Gasteiger partial charge in [0.15, 0.2) is 0 Å². The van der Waals surface area contributed by atoms with Gasteiger partial charge in [-0.3, -0.25) is 4.90 Å². The number of hydrogen-bond acceptors (Lipinski definition) is 3. The van der Waals surface area contributed by atoms with Crippen LogP contribution in [0.15, 0.2) is 0 Å². The van der Waals surface area contributed by atoms with Crippen molar-refractivity contribution in [1.82, 2.24) is 4.90 Å². The fraction of sp³-hybridized carbons (Fsp3) is 1.00. The SMILES string of the molecule is COCCN(CC1(C)CCCC1N)C1CC1. The molecule has 0 aromatic rings. The second-order valence-electron chi connectivity index (χ2n) is 5.85. The molecule has 2 unspecified atom stereocenters. The van der Waals surface area contributed by atoms with E-state index in [1.807, 2.05) is 0 Å². The van der Waals surface area contributed by atoms with Crippen molar-refractivity contribution in [2.75, 3.05) is 26.8 Å². The highest BCUT2D eigenvalue weighted by molar-refractivity contribution is 4.96. The average molecular weight is 226 g/mol. The molecule has 2 saturated carbocycles. The Balaban J connectivity index is 1.88.